The van der Waals surface area contributed by atoms with E-state index in [0.29, 0.717) is 5.06 Å². The van der Waals surface area contributed by atoms with Gasteiger partial charge in [0.2, 0.25) is 5.91 Å². The Morgan fingerprint density at radius 3 is 2.23 bits per heavy atom. The van der Waals surface area contributed by atoms with Gasteiger partial charge in [-0.3, -0.25) is 28.9 Å². The van der Waals surface area contributed by atoms with Gasteiger partial charge in [0.25, 0.3) is 23.6 Å². The lowest BCUT2D eigenvalue weighted by atomic mass is 10.4. The summed E-state index contributed by atoms with van der Waals surface area (Å²) in [7, 11) is 0. The van der Waals surface area contributed by atoms with Gasteiger partial charge in [-0.1, -0.05) is 0 Å². The van der Waals surface area contributed by atoms with E-state index in [1.54, 1.807) is 0 Å². The molecular weight excluding hydrogens is 350 g/mol. The summed E-state index contributed by atoms with van der Waals surface area (Å²) in [5.74, 6) is -3.51. The summed E-state index contributed by atoms with van der Waals surface area (Å²) >= 11 is 0. The van der Waals surface area contributed by atoms with E-state index in [9.17, 15) is 28.8 Å². The summed E-state index contributed by atoms with van der Waals surface area (Å²) < 4.78 is 5.12. The minimum absolute atomic E-state index is 0.0208. The fourth-order valence-corrected chi connectivity index (χ4v) is 2.11. The number of imide groups is 2. The first-order valence-electron chi connectivity index (χ1n) is 7.83. The molecule has 1 N–H and O–H groups in total. The summed E-state index contributed by atoms with van der Waals surface area (Å²) in [5.41, 5.74) is 0. The maximum absolute atomic E-state index is 11.6. The molecule has 0 bridgehead atoms. The maximum Gasteiger partial charge on any atom is 0.335 e. The number of hydrogen-bond donors (Lipinski definition) is 1. The van der Waals surface area contributed by atoms with Gasteiger partial charge in [-0.25, -0.2) is 4.79 Å². The van der Waals surface area contributed by atoms with Crippen LogP contribution in [0.2, 0.25) is 0 Å². The molecule has 0 aromatic rings. The molecule has 0 aromatic carbocycles. The third-order valence-electron chi connectivity index (χ3n) is 3.42. The lowest BCUT2D eigenvalue weighted by Crippen LogP contribution is -2.41. The largest absolute Gasteiger partial charge is 0.379 e. The highest BCUT2D eigenvalue weighted by molar-refractivity contribution is 6.14. The van der Waals surface area contributed by atoms with Gasteiger partial charge in [-0.05, 0) is 0 Å². The molecule has 0 aromatic heterocycles. The van der Waals surface area contributed by atoms with E-state index in [0.717, 1.165) is 17.1 Å². The van der Waals surface area contributed by atoms with Crippen molar-refractivity contribution in [1.29, 1.82) is 0 Å². The van der Waals surface area contributed by atoms with Crippen molar-refractivity contribution in [3.63, 3.8) is 0 Å². The molecule has 11 nitrogen and oxygen atoms in total. The van der Waals surface area contributed by atoms with Gasteiger partial charge < -0.3 is 14.9 Å². The van der Waals surface area contributed by atoms with Gasteiger partial charge in [0.1, 0.15) is 6.54 Å². The van der Waals surface area contributed by atoms with Crippen molar-refractivity contribution in [2.45, 2.75) is 19.3 Å². The van der Waals surface area contributed by atoms with Crippen LogP contribution in [0.3, 0.4) is 0 Å². The number of ether oxygens (including phenoxy) is 1. The Labute approximate surface area is 147 Å². The second-order valence-corrected chi connectivity index (χ2v) is 5.35. The van der Waals surface area contributed by atoms with E-state index in [-0.39, 0.29) is 45.6 Å². The molecule has 0 radical (unpaired) electrons. The normalized spacial score (nSPS) is 16.6. The Bertz CT molecular complexity index is 618. The fourth-order valence-electron chi connectivity index (χ4n) is 2.11. The topological polar surface area (TPSA) is 139 Å². The van der Waals surface area contributed by atoms with Crippen LogP contribution in [0.15, 0.2) is 12.2 Å². The summed E-state index contributed by atoms with van der Waals surface area (Å²) in [6.45, 7) is -0.214. The Balaban J connectivity index is 1.52. The van der Waals surface area contributed by atoms with Crippen LogP contribution in [0.4, 0.5) is 0 Å². The predicted molar refractivity (Wildman–Crippen MR) is 81.5 cm³/mol. The van der Waals surface area contributed by atoms with Crippen LogP contribution in [-0.2, 0) is 38.3 Å². The van der Waals surface area contributed by atoms with E-state index < -0.39 is 35.5 Å². The van der Waals surface area contributed by atoms with Gasteiger partial charge in [0, 0.05) is 31.5 Å². The van der Waals surface area contributed by atoms with Crippen LogP contribution in [0.25, 0.3) is 0 Å². The number of carbonyl (C=O) groups excluding carboxylic acids is 6. The number of rotatable bonds is 9. The first-order valence-corrected chi connectivity index (χ1v) is 7.83. The fraction of sp³-hybridized carbons (Fsp3) is 0.467. The predicted octanol–water partition coefficient (Wildman–Crippen LogP) is -1.96. The third-order valence-corrected chi connectivity index (χ3v) is 3.42. The zero-order chi connectivity index (χ0) is 19.1. The quantitative estimate of drug-likeness (QED) is 0.366. The smallest absolute Gasteiger partial charge is 0.335 e. The van der Waals surface area contributed by atoms with Crippen molar-refractivity contribution in [2.24, 2.45) is 0 Å². The molecule has 0 aliphatic carbocycles. The van der Waals surface area contributed by atoms with Gasteiger partial charge in [-0.2, -0.15) is 0 Å². The Morgan fingerprint density at radius 1 is 1.00 bits per heavy atom. The maximum atomic E-state index is 11.6. The second-order valence-electron chi connectivity index (χ2n) is 5.35. The molecule has 26 heavy (non-hydrogen) atoms. The summed E-state index contributed by atoms with van der Waals surface area (Å²) in [6.07, 6.45) is 2.04. The Hall–Kier alpha value is -3.08. The number of nitrogens with one attached hydrogen (secondary N) is 1. The molecule has 1 saturated heterocycles. The average molecular weight is 367 g/mol. The minimum atomic E-state index is -0.781. The van der Waals surface area contributed by atoms with Crippen molar-refractivity contribution < 1.29 is 38.3 Å². The van der Waals surface area contributed by atoms with Crippen LogP contribution in [0.5, 0.6) is 0 Å². The highest BCUT2D eigenvalue weighted by atomic mass is 16.7. The van der Waals surface area contributed by atoms with Crippen molar-refractivity contribution in [3.05, 3.63) is 12.2 Å². The lowest BCUT2D eigenvalue weighted by molar-refractivity contribution is -0.198. The molecule has 2 aliphatic rings. The monoisotopic (exact) mass is 367 g/mol. The first kappa shape index (κ1) is 19.2. The molecule has 2 rings (SSSR count). The van der Waals surface area contributed by atoms with Gasteiger partial charge in [0.15, 0.2) is 0 Å². The number of amides is 5. The zero-order valence-electron chi connectivity index (χ0n) is 13.8. The van der Waals surface area contributed by atoms with E-state index in [1.807, 2.05) is 0 Å². The molecule has 2 aliphatic heterocycles. The van der Waals surface area contributed by atoms with Crippen LogP contribution < -0.4 is 5.32 Å². The molecule has 11 heteroatoms. The zero-order valence-corrected chi connectivity index (χ0v) is 13.8. The Morgan fingerprint density at radius 2 is 1.62 bits per heavy atom. The van der Waals surface area contributed by atoms with Crippen molar-refractivity contribution in [2.75, 3.05) is 26.3 Å². The number of hydrogen-bond acceptors (Lipinski definition) is 8. The van der Waals surface area contributed by atoms with Crippen LogP contribution >= 0.6 is 0 Å². The summed E-state index contributed by atoms with van der Waals surface area (Å²) in [4.78, 5) is 73.7. The van der Waals surface area contributed by atoms with Crippen LogP contribution in [0, 0.1) is 0 Å². The molecule has 140 valence electrons. The molecule has 2 heterocycles. The van der Waals surface area contributed by atoms with E-state index >= 15 is 0 Å². The number of nitrogens with zero attached hydrogens (tertiary/aromatic N) is 2. The van der Waals surface area contributed by atoms with Crippen molar-refractivity contribution >= 4 is 35.5 Å². The van der Waals surface area contributed by atoms with Crippen molar-refractivity contribution in [1.82, 2.24) is 15.3 Å². The molecular formula is C15H17N3O8. The van der Waals surface area contributed by atoms with E-state index in [2.05, 4.69) is 10.2 Å². The highest BCUT2D eigenvalue weighted by Crippen LogP contribution is 2.12. The number of carbonyl (C=O) groups is 6. The number of hydroxylamine groups is 2. The molecule has 0 spiro atoms. The van der Waals surface area contributed by atoms with Gasteiger partial charge in [0.05, 0.1) is 19.6 Å². The van der Waals surface area contributed by atoms with Crippen LogP contribution in [0.1, 0.15) is 19.3 Å². The third kappa shape index (κ3) is 5.21. The van der Waals surface area contributed by atoms with Crippen molar-refractivity contribution in [3.8, 4) is 0 Å². The first-order chi connectivity index (χ1) is 12.4. The SMILES string of the molecule is O=C(CN1C(=O)C=CC1=O)NCCOCCC(=O)ON1C(=O)CCC1=O. The molecule has 0 unspecified atom stereocenters. The molecule has 0 saturated carbocycles. The van der Waals surface area contributed by atoms with E-state index in [1.165, 1.54) is 0 Å². The van der Waals surface area contributed by atoms with Gasteiger partial charge >= 0.3 is 5.97 Å². The highest BCUT2D eigenvalue weighted by Gasteiger charge is 2.32. The van der Waals surface area contributed by atoms with Gasteiger partial charge in [-0.15, -0.1) is 5.06 Å². The van der Waals surface area contributed by atoms with E-state index in [4.69, 9.17) is 4.74 Å². The Kier molecular flexibility index (Phi) is 6.55. The minimum Gasteiger partial charge on any atom is -0.379 e. The molecule has 5 amide bonds. The lowest BCUT2D eigenvalue weighted by Gasteiger charge is -2.14. The molecule has 1 fully saturated rings. The molecule has 0 atom stereocenters. The second kappa shape index (κ2) is 8.85. The standard InChI is InChI=1S/C15H17N3O8/c19-10(9-17-11(20)1-2-12(17)21)16-6-8-25-7-5-15(24)26-18-13(22)3-4-14(18)23/h1-2H,3-9H2,(H,16,19). The average Bonchev–Trinajstić information content (AvgIpc) is 3.08. The van der Waals surface area contributed by atoms with Crippen LogP contribution in [-0.4, -0.2) is 71.8 Å². The summed E-state index contributed by atoms with van der Waals surface area (Å²) in [6, 6.07) is 0. The summed E-state index contributed by atoms with van der Waals surface area (Å²) in [5, 5.41) is 2.91.